The molecule has 0 aliphatic carbocycles. The van der Waals surface area contributed by atoms with Gasteiger partial charge in [0, 0.05) is 16.6 Å². The molecule has 0 saturated heterocycles. The Morgan fingerprint density at radius 1 is 1.04 bits per heavy atom. The van der Waals surface area contributed by atoms with Crippen LogP contribution in [0.15, 0.2) is 65.5 Å². The predicted octanol–water partition coefficient (Wildman–Crippen LogP) is 3.60. The van der Waals surface area contributed by atoms with E-state index in [-0.39, 0.29) is 17.4 Å². The lowest BCUT2D eigenvalue weighted by Crippen LogP contribution is -2.25. The van der Waals surface area contributed by atoms with E-state index in [1.54, 1.807) is 0 Å². The van der Waals surface area contributed by atoms with Crippen LogP contribution in [0.3, 0.4) is 0 Å². The normalized spacial score (nSPS) is 15.9. The Labute approximate surface area is 149 Å². The Morgan fingerprint density at radius 3 is 2.48 bits per heavy atom. The van der Waals surface area contributed by atoms with Crippen LogP contribution in [0.25, 0.3) is 5.70 Å². The highest BCUT2D eigenvalue weighted by molar-refractivity contribution is 6.30. The molecule has 1 atom stereocenters. The summed E-state index contributed by atoms with van der Waals surface area (Å²) in [7, 11) is 0. The summed E-state index contributed by atoms with van der Waals surface area (Å²) in [4.78, 5) is 19.4. The Hall–Kier alpha value is -3.05. The van der Waals surface area contributed by atoms with Crippen molar-refractivity contribution in [3.63, 3.8) is 0 Å². The zero-order valence-corrected chi connectivity index (χ0v) is 13.9. The third kappa shape index (κ3) is 2.90. The number of anilines is 2. The fourth-order valence-electron chi connectivity index (χ4n) is 3.02. The first-order chi connectivity index (χ1) is 12.1. The first-order valence-electron chi connectivity index (χ1n) is 7.81. The molecule has 0 amide bonds. The fraction of sp³-hybridized carbons (Fsp3) is 0.0526. The molecule has 2 heterocycles. The molecule has 0 bridgehead atoms. The molecule has 4 rings (SSSR count). The molecule has 0 saturated carbocycles. The Kier molecular flexibility index (Phi) is 3.78. The first kappa shape index (κ1) is 15.5. The minimum atomic E-state index is -0.252. The minimum absolute atomic E-state index is 0.0837. The van der Waals surface area contributed by atoms with Crippen LogP contribution in [0, 0.1) is 0 Å². The van der Waals surface area contributed by atoms with Gasteiger partial charge in [0.15, 0.2) is 0 Å². The Bertz CT molecular complexity index is 1010. The standard InChI is InChI=1S/C19H15ClN4O/c20-13-8-6-11(7-9-13)14-10-15(12-4-2-1-3-5-12)22-17-16(14)18(25)24-19(21)23-17/h1-10,14H,(H4,21,22,23,24,25)/t14-/m1/s1. The van der Waals surface area contributed by atoms with Gasteiger partial charge in [-0.2, -0.15) is 4.98 Å². The molecule has 2 aromatic carbocycles. The number of fused-ring (bicyclic) bond motifs is 1. The summed E-state index contributed by atoms with van der Waals surface area (Å²) >= 11 is 6.00. The van der Waals surface area contributed by atoms with E-state index in [4.69, 9.17) is 17.3 Å². The zero-order chi connectivity index (χ0) is 17.4. The van der Waals surface area contributed by atoms with Crippen LogP contribution in [0.2, 0.25) is 5.02 Å². The third-order valence-corrected chi connectivity index (χ3v) is 4.44. The van der Waals surface area contributed by atoms with Crippen molar-refractivity contribution < 1.29 is 0 Å². The number of hydrogen-bond donors (Lipinski definition) is 3. The van der Waals surface area contributed by atoms with Crippen molar-refractivity contribution in [1.82, 2.24) is 9.97 Å². The van der Waals surface area contributed by atoms with Gasteiger partial charge in [0.1, 0.15) is 5.82 Å². The number of aromatic nitrogens is 2. The number of halogens is 1. The average molecular weight is 351 g/mol. The molecule has 5 nitrogen and oxygen atoms in total. The Balaban J connectivity index is 1.91. The number of nitrogens with one attached hydrogen (secondary N) is 2. The van der Waals surface area contributed by atoms with Crippen molar-refractivity contribution in [1.29, 1.82) is 0 Å². The Morgan fingerprint density at radius 2 is 1.76 bits per heavy atom. The number of hydrogen-bond acceptors (Lipinski definition) is 4. The molecule has 25 heavy (non-hydrogen) atoms. The molecule has 6 heteroatoms. The minimum Gasteiger partial charge on any atom is -0.369 e. The van der Waals surface area contributed by atoms with Gasteiger partial charge in [-0.05, 0) is 29.3 Å². The summed E-state index contributed by atoms with van der Waals surface area (Å²) in [6, 6.07) is 17.3. The summed E-state index contributed by atoms with van der Waals surface area (Å²) in [6.45, 7) is 0. The molecule has 1 aliphatic rings. The summed E-state index contributed by atoms with van der Waals surface area (Å²) < 4.78 is 0. The molecule has 0 spiro atoms. The van der Waals surface area contributed by atoms with E-state index in [1.807, 2.05) is 60.7 Å². The molecule has 1 aromatic heterocycles. The van der Waals surface area contributed by atoms with Gasteiger partial charge in [0.05, 0.1) is 5.56 Å². The second-order valence-corrected chi connectivity index (χ2v) is 6.25. The van der Waals surface area contributed by atoms with Gasteiger partial charge in [-0.1, -0.05) is 54.1 Å². The molecule has 1 aliphatic heterocycles. The molecule has 3 aromatic rings. The molecule has 0 fully saturated rings. The highest BCUT2D eigenvalue weighted by Crippen LogP contribution is 2.36. The van der Waals surface area contributed by atoms with Gasteiger partial charge in [-0.15, -0.1) is 0 Å². The van der Waals surface area contributed by atoms with E-state index < -0.39 is 0 Å². The van der Waals surface area contributed by atoms with E-state index in [2.05, 4.69) is 15.3 Å². The number of benzene rings is 2. The van der Waals surface area contributed by atoms with Crippen LogP contribution in [-0.2, 0) is 0 Å². The van der Waals surface area contributed by atoms with Crippen molar-refractivity contribution in [3.8, 4) is 0 Å². The highest BCUT2D eigenvalue weighted by atomic mass is 35.5. The van der Waals surface area contributed by atoms with Crippen molar-refractivity contribution >= 4 is 29.1 Å². The van der Waals surface area contributed by atoms with E-state index >= 15 is 0 Å². The summed E-state index contributed by atoms with van der Waals surface area (Å²) in [6.07, 6.45) is 2.02. The first-order valence-corrected chi connectivity index (χ1v) is 8.19. The lowest BCUT2D eigenvalue weighted by atomic mass is 9.88. The van der Waals surface area contributed by atoms with Crippen LogP contribution >= 0.6 is 11.6 Å². The zero-order valence-electron chi connectivity index (χ0n) is 13.2. The van der Waals surface area contributed by atoms with Crippen LogP contribution < -0.4 is 16.6 Å². The van der Waals surface area contributed by atoms with Crippen LogP contribution in [0.4, 0.5) is 11.8 Å². The molecular weight excluding hydrogens is 336 g/mol. The van der Waals surface area contributed by atoms with Gasteiger partial charge in [-0.25, -0.2) is 0 Å². The van der Waals surface area contributed by atoms with Crippen molar-refractivity contribution in [2.75, 3.05) is 11.1 Å². The summed E-state index contributed by atoms with van der Waals surface area (Å²) in [5.74, 6) is 0.309. The topological polar surface area (TPSA) is 83.8 Å². The number of aromatic amines is 1. The third-order valence-electron chi connectivity index (χ3n) is 4.18. The molecule has 124 valence electrons. The van der Waals surface area contributed by atoms with Gasteiger partial charge in [0.25, 0.3) is 5.56 Å². The summed E-state index contributed by atoms with van der Waals surface area (Å²) in [5.41, 5.74) is 8.86. The van der Waals surface area contributed by atoms with Crippen molar-refractivity contribution in [2.24, 2.45) is 0 Å². The quantitative estimate of drug-likeness (QED) is 0.659. The fourth-order valence-corrected chi connectivity index (χ4v) is 3.15. The maximum atomic E-state index is 12.5. The van der Waals surface area contributed by atoms with E-state index in [0.29, 0.717) is 16.4 Å². The van der Waals surface area contributed by atoms with Gasteiger partial charge in [-0.3, -0.25) is 9.78 Å². The highest BCUT2D eigenvalue weighted by Gasteiger charge is 2.26. The van der Waals surface area contributed by atoms with Crippen molar-refractivity contribution in [3.05, 3.63) is 92.7 Å². The van der Waals surface area contributed by atoms with E-state index in [1.165, 1.54) is 0 Å². The number of nitrogens with zero attached hydrogens (tertiary/aromatic N) is 1. The number of nitrogens with two attached hydrogens (primary N) is 1. The average Bonchev–Trinajstić information content (AvgIpc) is 2.62. The maximum Gasteiger partial charge on any atom is 0.258 e. The largest absolute Gasteiger partial charge is 0.369 e. The number of allylic oxidation sites excluding steroid dienone is 1. The number of H-pyrrole nitrogens is 1. The molecule has 4 N–H and O–H groups in total. The van der Waals surface area contributed by atoms with E-state index in [0.717, 1.165) is 16.8 Å². The monoisotopic (exact) mass is 350 g/mol. The van der Waals surface area contributed by atoms with E-state index in [9.17, 15) is 4.79 Å². The second kappa shape index (κ2) is 6.11. The lowest BCUT2D eigenvalue weighted by molar-refractivity contribution is 0.944. The molecule has 0 radical (unpaired) electrons. The maximum absolute atomic E-state index is 12.5. The predicted molar refractivity (Wildman–Crippen MR) is 101 cm³/mol. The SMILES string of the molecule is Nc1nc2c(c(=O)[nH]1)[C@@H](c1ccc(Cl)cc1)C=C(c1ccccc1)N2. The summed E-state index contributed by atoms with van der Waals surface area (Å²) in [5, 5.41) is 3.88. The van der Waals surface area contributed by atoms with Gasteiger partial charge < -0.3 is 11.1 Å². The van der Waals surface area contributed by atoms with Crippen molar-refractivity contribution in [2.45, 2.75) is 5.92 Å². The van der Waals surface area contributed by atoms with Gasteiger partial charge in [0.2, 0.25) is 5.95 Å². The van der Waals surface area contributed by atoms with Crippen LogP contribution in [0.5, 0.6) is 0 Å². The molecule has 0 unspecified atom stereocenters. The van der Waals surface area contributed by atoms with Gasteiger partial charge >= 0.3 is 0 Å². The smallest absolute Gasteiger partial charge is 0.258 e. The number of nitrogen functional groups attached to an aromatic ring is 1. The second-order valence-electron chi connectivity index (χ2n) is 5.81. The lowest BCUT2D eigenvalue weighted by Gasteiger charge is -2.25. The molecular formula is C19H15ClN4O. The van der Waals surface area contributed by atoms with Crippen LogP contribution in [0.1, 0.15) is 22.6 Å². The number of rotatable bonds is 2. The van der Waals surface area contributed by atoms with Crippen LogP contribution in [-0.4, -0.2) is 9.97 Å².